The molecule has 7 nitrogen and oxygen atoms in total. The van der Waals surface area contributed by atoms with E-state index >= 15 is 0 Å². The predicted octanol–water partition coefficient (Wildman–Crippen LogP) is 2.15. The van der Waals surface area contributed by atoms with Crippen LogP contribution in [0.1, 0.15) is 23.9 Å². The second kappa shape index (κ2) is 6.88. The number of nitrogens with zero attached hydrogens (tertiary/aromatic N) is 4. The number of thiazole rings is 1. The highest BCUT2D eigenvalue weighted by Crippen LogP contribution is 2.22. The van der Waals surface area contributed by atoms with Crippen LogP contribution in [0.3, 0.4) is 0 Å². The predicted molar refractivity (Wildman–Crippen MR) is 93.3 cm³/mol. The molecule has 0 aliphatic heterocycles. The molecule has 0 aliphatic carbocycles. The Morgan fingerprint density at radius 3 is 2.88 bits per heavy atom. The van der Waals surface area contributed by atoms with E-state index in [9.17, 15) is 9.59 Å². The van der Waals surface area contributed by atoms with E-state index < -0.39 is 0 Å². The molecule has 0 saturated heterocycles. The van der Waals surface area contributed by atoms with Gasteiger partial charge >= 0.3 is 0 Å². The van der Waals surface area contributed by atoms with Gasteiger partial charge in [-0.15, -0.1) is 16.4 Å². The zero-order chi connectivity index (χ0) is 17.1. The minimum Gasteiger partial charge on any atom is -0.302 e. The number of carbonyl (C=O) groups excluding carboxylic acids is 1. The Labute approximate surface area is 142 Å². The number of aryl methyl sites for hydroxylation is 3. The number of hydrogen-bond acceptors (Lipinski definition) is 6. The van der Waals surface area contributed by atoms with Gasteiger partial charge in [-0.05, 0) is 25.5 Å². The molecule has 2 aromatic heterocycles. The van der Waals surface area contributed by atoms with Crippen molar-refractivity contribution in [1.82, 2.24) is 20.0 Å². The lowest BCUT2D eigenvalue weighted by atomic mass is 10.2. The van der Waals surface area contributed by atoms with E-state index in [2.05, 4.69) is 20.6 Å². The van der Waals surface area contributed by atoms with Crippen molar-refractivity contribution in [2.45, 2.75) is 33.2 Å². The van der Waals surface area contributed by atoms with Crippen molar-refractivity contribution in [2.75, 3.05) is 5.32 Å². The van der Waals surface area contributed by atoms with Gasteiger partial charge < -0.3 is 5.32 Å². The van der Waals surface area contributed by atoms with Crippen LogP contribution < -0.4 is 10.9 Å². The fourth-order valence-corrected chi connectivity index (χ4v) is 3.29. The molecule has 0 aliphatic rings. The van der Waals surface area contributed by atoms with E-state index in [0.29, 0.717) is 16.0 Å². The summed E-state index contributed by atoms with van der Waals surface area (Å²) in [6, 6.07) is 7.01. The van der Waals surface area contributed by atoms with Gasteiger partial charge in [0.15, 0.2) is 5.13 Å². The third-order valence-corrected chi connectivity index (χ3v) is 4.58. The molecule has 0 unspecified atom stereocenters. The number of carbonyl (C=O) groups is 1. The number of rotatable bonds is 5. The third-order valence-electron chi connectivity index (χ3n) is 3.65. The maximum Gasteiger partial charge on any atom is 0.277 e. The molecule has 0 bridgehead atoms. The van der Waals surface area contributed by atoms with Crippen molar-refractivity contribution in [3.05, 3.63) is 45.2 Å². The number of benzene rings is 1. The van der Waals surface area contributed by atoms with E-state index in [1.807, 2.05) is 13.8 Å². The molecule has 3 aromatic rings. The summed E-state index contributed by atoms with van der Waals surface area (Å²) in [6.45, 7) is 4.18. The first-order valence-corrected chi connectivity index (χ1v) is 8.49. The van der Waals surface area contributed by atoms with Crippen molar-refractivity contribution >= 4 is 33.3 Å². The van der Waals surface area contributed by atoms with Crippen molar-refractivity contribution in [3.8, 4) is 0 Å². The topological polar surface area (TPSA) is 89.8 Å². The van der Waals surface area contributed by atoms with Crippen LogP contribution in [-0.2, 0) is 17.8 Å². The van der Waals surface area contributed by atoms with Crippen LogP contribution >= 0.6 is 11.3 Å². The Hall–Kier alpha value is -2.61. The smallest absolute Gasteiger partial charge is 0.277 e. The van der Waals surface area contributed by atoms with Crippen molar-refractivity contribution in [3.63, 3.8) is 0 Å². The molecule has 1 N–H and O–H groups in total. The summed E-state index contributed by atoms with van der Waals surface area (Å²) in [6.07, 6.45) is 0.966. The first-order chi connectivity index (χ1) is 11.6. The fraction of sp³-hybridized carbons (Fsp3) is 0.312. The molecular weight excluding hydrogens is 326 g/mol. The molecule has 2 heterocycles. The van der Waals surface area contributed by atoms with Gasteiger partial charge in [-0.25, -0.2) is 9.67 Å². The zero-order valence-corrected chi connectivity index (χ0v) is 14.3. The lowest BCUT2D eigenvalue weighted by Crippen LogP contribution is -2.26. The second-order valence-electron chi connectivity index (χ2n) is 5.31. The highest BCUT2D eigenvalue weighted by Gasteiger charge is 2.11. The average Bonchev–Trinajstić information content (AvgIpc) is 2.94. The van der Waals surface area contributed by atoms with Crippen LogP contribution in [0.5, 0.6) is 0 Å². The summed E-state index contributed by atoms with van der Waals surface area (Å²) in [4.78, 5) is 29.8. The monoisotopic (exact) mass is 343 g/mol. The lowest BCUT2D eigenvalue weighted by molar-refractivity contribution is -0.116. The molecule has 0 radical (unpaired) electrons. The zero-order valence-electron chi connectivity index (χ0n) is 13.4. The van der Waals surface area contributed by atoms with E-state index in [4.69, 9.17) is 0 Å². The number of hydrogen-bond donors (Lipinski definition) is 1. The minimum atomic E-state index is -0.244. The van der Waals surface area contributed by atoms with Gasteiger partial charge in [-0.3, -0.25) is 9.59 Å². The number of nitrogens with one attached hydrogen (secondary N) is 1. The number of fused-ring (bicyclic) bond motifs is 1. The second-order valence-corrected chi connectivity index (χ2v) is 6.51. The summed E-state index contributed by atoms with van der Waals surface area (Å²) in [5.41, 5.74) is 1.30. The van der Waals surface area contributed by atoms with Gasteiger partial charge in [0.2, 0.25) is 5.91 Å². The highest BCUT2D eigenvalue weighted by molar-refractivity contribution is 7.15. The number of anilines is 1. The molecular formula is C16H17N5O2S. The van der Waals surface area contributed by atoms with Gasteiger partial charge in [0, 0.05) is 11.3 Å². The van der Waals surface area contributed by atoms with Crippen LogP contribution in [0.2, 0.25) is 0 Å². The summed E-state index contributed by atoms with van der Waals surface area (Å²) < 4.78 is 1.21. The van der Waals surface area contributed by atoms with Crippen molar-refractivity contribution in [1.29, 1.82) is 0 Å². The molecule has 0 saturated carbocycles. The molecule has 3 rings (SSSR count). The molecule has 0 atom stereocenters. The maximum atomic E-state index is 12.3. The van der Waals surface area contributed by atoms with Crippen LogP contribution in [0.4, 0.5) is 5.13 Å². The van der Waals surface area contributed by atoms with Crippen molar-refractivity contribution in [2.24, 2.45) is 0 Å². The molecule has 24 heavy (non-hydrogen) atoms. The van der Waals surface area contributed by atoms with Crippen LogP contribution in [0.25, 0.3) is 10.9 Å². The maximum absolute atomic E-state index is 12.3. The third kappa shape index (κ3) is 3.33. The largest absolute Gasteiger partial charge is 0.302 e. The van der Waals surface area contributed by atoms with Gasteiger partial charge in [-0.2, -0.15) is 0 Å². The normalized spacial score (nSPS) is 10.9. The van der Waals surface area contributed by atoms with Crippen LogP contribution in [0, 0.1) is 6.92 Å². The Bertz CT molecular complexity index is 947. The van der Waals surface area contributed by atoms with Crippen LogP contribution in [-0.4, -0.2) is 25.9 Å². The van der Waals surface area contributed by atoms with Gasteiger partial charge in [0.1, 0.15) is 5.52 Å². The lowest BCUT2D eigenvalue weighted by Gasteiger charge is -2.04. The first kappa shape index (κ1) is 16.3. The van der Waals surface area contributed by atoms with E-state index in [1.54, 1.807) is 24.3 Å². The fourth-order valence-electron chi connectivity index (χ4n) is 2.37. The van der Waals surface area contributed by atoms with Gasteiger partial charge in [0.05, 0.1) is 17.6 Å². The molecule has 8 heteroatoms. The van der Waals surface area contributed by atoms with E-state index in [1.165, 1.54) is 16.0 Å². The van der Waals surface area contributed by atoms with Crippen molar-refractivity contribution < 1.29 is 4.79 Å². The molecule has 1 amide bonds. The van der Waals surface area contributed by atoms with E-state index in [-0.39, 0.29) is 24.4 Å². The SMILES string of the molecule is CCc1nc(NC(=O)CCn2nnc3ccccc3c2=O)sc1C. The molecule has 0 spiro atoms. The quantitative estimate of drug-likeness (QED) is 0.766. The first-order valence-electron chi connectivity index (χ1n) is 7.67. The van der Waals surface area contributed by atoms with Gasteiger partial charge in [-0.1, -0.05) is 24.3 Å². The molecule has 1 aromatic carbocycles. The Kier molecular flexibility index (Phi) is 4.66. The van der Waals surface area contributed by atoms with Crippen LogP contribution in [0.15, 0.2) is 29.1 Å². The average molecular weight is 343 g/mol. The standard InChI is InChI=1S/C16H17N5O2S/c1-3-12-10(2)24-16(17-12)18-14(22)8-9-21-15(23)11-6-4-5-7-13(11)19-20-21/h4-7H,3,8-9H2,1-2H3,(H,17,18,22). The molecule has 124 valence electrons. The molecule has 0 fully saturated rings. The Morgan fingerprint density at radius 2 is 2.12 bits per heavy atom. The number of amides is 1. The number of aromatic nitrogens is 4. The van der Waals surface area contributed by atoms with Gasteiger partial charge in [0.25, 0.3) is 5.56 Å². The summed E-state index contributed by atoms with van der Waals surface area (Å²) in [7, 11) is 0. The van der Waals surface area contributed by atoms with E-state index in [0.717, 1.165) is 17.0 Å². The highest BCUT2D eigenvalue weighted by atomic mass is 32.1. The summed E-state index contributed by atoms with van der Waals surface area (Å²) in [5, 5.41) is 11.7. The minimum absolute atomic E-state index is 0.132. The Balaban J connectivity index is 1.68. The Morgan fingerprint density at radius 1 is 1.33 bits per heavy atom. The summed E-state index contributed by atoms with van der Waals surface area (Å²) in [5.74, 6) is -0.201. The summed E-state index contributed by atoms with van der Waals surface area (Å²) >= 11 is 1.45.